The third-order valence-corrected chi connectivity index (χ3v) is 6.25. The Hall–Kier alpha value is -4.07. The van der Waals surface area contributed by atoms with Crippen molar-refractivity contribution in [2.75, 3.05) is 18.0 Å². The van der Waals surface area contributed by atoms with Gasteiger partial charge in [0.1, 0.15) is 11.4 Å². The molecule has 3 aromatic rings. The summed E-state index contributed by atoms with van der Waals surface area (Å²) in [4.78, 5) is 39.7. The van der Waals surface area contributed by atoms with Gasteiger partial charge in [0, 0.05) is 31.2 Å². The lowest BCUT2D eigenvalue weighted by molar-refractivity contribution is 0.0932. The fraction of sp³-hybridized carbons (Fsp3) is 0.250. The molecule has 1 aromatic heterocycles. The topological polar surface area (TPSA) is 95.5 Å². The number of thiocarbonyl (C=S) groups is 1. The van der Waals surface area contributed by atoms with E-state index in [2.05, 4.69) is 10.9 Å². The number of aryl methyl sites for hydroxylation is 1. The Kier molecular flexibility index (Phi) is 7.62. The second-order valence-corrected chi connectivity index (χ2v) is 8.79. The van der Waals surface area contributed by atoms with Crippen molar-refractivity contribution in [2.24, 2.45) is 0 Å². The Morgan fingerprint density at radius 3 is 2.24 bits per heavy atom. The van der Waals surface area contributed by atoms with E-state index in [4.69, 9.17) is 12.2 Å². The monoisotopic (exact) mass is 553 g/mol. The first-order valence-corrected chi connectivity index (χ1v) is 11.8. The summed E-state index contributed by atoms with van der Waals surface area (Å²) in [6.45, 7) is 3.51. The van der Waals surface area contributed by atoms with Gasteiger partial charge in [-0.05, 0) is 50.2 Å². The van der Waals surface area contributed by atoms with Crippen LogP contribution in [0.25, 0.3) is 10.9 Å². The quantitative estimate of drug-likeness (QED) is 0.151. The van der Waals surface area contributed by atoms with Crippen molar-refractivity contribution >= 4 is 45.7 Å². The zero-order chi connectivity index (χ0) is 27.7. The van der Waals surface area contributed by atoms with Crippen molar-refractivity contribution in [1.29, 1.82) is 0 Å². The van der Waals surface area contributed by atoms with Gasteiger partial charge in [0.15, 0.2) is 28.4 Å². The van der Waals surface area contributed by atoms with E-state index in [1.54, 1.807) is 17.6 Å². The zero-order valence-electron chi connectivity index (χ0n) is 19.8. The molecule has 2 amide bonds. The number of nitrogens with zero attached hydrogens (tertiary/aromatic N) is 2. The molecule has 8 nitrogen and oxygen atoms in total. The predicted molar refractivity (Wildman–Crippen MR) is 132 cm³/mol. The summed E-state index contributed by atoms with van der Waals surface area (Å²) in [6, 6.07) is 2.80. The van der Waals surface area contributed by atoms with Crippen LogP contribution in [0.1, 0.15) is 40.5 Å². The average molecular weight is 554 g/mol. The molecule has 1 aliphatic rings. The maximum atomic E-state index is 14.9. The van der Waals surface area contributed by atoms with Crippen LogP contribution in [0.4, 0.5) is 27.6 Å². The van der Waals surface area contributed by atoms with Crippen molar-refractivity contribution in [1.82, 2.24) is 20.7 Å². The fourth-order valence-corrected chi connectivity index (χ4v) is 4.29. The SMILES string of the molecule is CCn1cc(C(=O)NNC(=S)NC(=O)c2cc(F)c(F)c(F)c2F)c(=O)c2cc(F)c(N3CCCC3)cc21. The summed E-state index contributed by atoms with van der Waals surface area (Å²) in [5.74, 6) is -11.0. The minimum Gasteiger partial charge on any atom is -0.369 e. The molecule has 0 saturated carbocycles. The number of nitrogens with one attached hydrogen (secondary N) is 3. The van der Waals surface area contributed by atoms with Crippen molar-refractivity contribution in [3.8, 4) is 0 Å². The number of halogens is 5. The molecule has 1 saturated heterocycles. The molecule has 200 valence electrons. The van der Waals surface area contributed by atoms with Gasteiger partial charge in [0.2, 0.25) is 5.43 Å². The van der Waals surface area contributed by atoms with Gasteiger partial charge in [-0.15, -0.1) is 0 Å². The number of benzene rings is 2. The molecule has 1 fully saturated rings. The van der Waals surface area contributed by atoms with Gasteiger partial charge in [-0.1, -0.05) is 0 Å². The standard InChI is InChI=1S/C24H20F5N5O3S/c1-2-33-10-13(21(35)11-7-14(25)17(9-16(11)33)34-5-3-4-6-34)23(37)31-32-24(38)30-22(36)12-8-15(26)19(28)20(29)18(12)27/h7-10H,2-6H2,1H3,(H,31,37)(H2,30,32,36,38). The zero-order valence-corrected chi connectivity index (χ0v) is 20.6. The van der Waals surface area contributed by atoms with Crippen LogP contribution in [0, 0.1) is 29.1 Å². The second kappa shape index (κ2) is 10.7. The molecule has 0 atom stereocenters. The van der Waals surface area contributed by atoms with E-state index in [0.717, 1.165) is 18.9 Å². The minimum absolute atomic E-state index is 0.0216. The van der Waals surface area contributed by atoms with Crippen LogP contribution >= 0.6 is 12.2 Å². The second-order valence-electron chi connectivity index (χ2n) is 8.38. The lowest BCUT2D eigenvalue weighted by Crippen LogP contribution is -2.49. The molecular formula is C24H20F5N5O3S. The van der Waals surface area contributed by atoms with Crippen LogP contribution in [0.15, 0.2) is 29.2 Å². The van der Waals surface area contributed by atoms with Crippen LogP contribution < -0.4 is 26.5 Å². The highest BCUT2D eigenvalue weighted by Gasteiger charge is 2.24. The van der Waals surface area contributed by atoms with Crippen LogP contribution in [0.2, 0.25) is 0 Å². The first-order valence-electron chi connectivity index (χ1n) is 11.4. The van der Waals surface area contributed by atoms with E-state index >= 15 is 0 Å². The fourth-order valence-electron chi connectivity index (χ4n) is 4.14. The van der Waals surface area contributed by atoms with E-state index in [1.165, 1.54) is 6.20 Å². The summed E-state index contributed by atoms with van der Waals surface area (Å²) < 4.78 is 70.2. The summed E-state index contributed by atoms with van der Waals surface area (Å²) in [6.07, 6.45) is 3.15. The molecule has 2 aromatic carbocycles. The number of pyridine rings is 1. The van der Waals surface area contributed by atoms with Crippen LogP contribution in [0.3, 0.4) is 0 Å². The minimum atomic E-state index is -2.19. The number of hydrogen-bond acceptors (Lipinski definition) is 5. The first kappa shape index (κ1) is 27.0. The van der Waals surface area contributed by atoms with Gasteiger partial charge in [0.05, 0.1) is 16.8 Å². The van der Waals surface area contributed by atoms with Crippen molar-refractivity contribution in [3.63, 3.8) is 0 Å². The number of anilines is 1. The summed E-state index contributed by atoms with van der Waals surface area (Å²) >= 11 is 4.80. The Labute approximate surface area is 217 Å². The largest absolute Gasteiger partial charge is 0.369 e. The normalized spacial score (nSPS) is 13.1. The molecule has 2 heterocycles. The van der Waals surface area contributed by atoms with Gasteiger partial charge in [0.25, 0.3) is 11.8 Å². The molecular weight excluding hydrogens is 533 g/mol. The van der Waals surface area contributed by atoms with Crippen molar-refractivity contribution in [2.45, 2.75) is 26.3 Å². The van der Waals surface area contributed by atoms with Crippen molar-refractivity contribution < 1.29 is 31.5 Å². The highest BCUT2D eigenvalue weighted by molar-refractivity contribution is 7.80. The molecule has 0 aliphatic carbocycles. The van der Waals surface area contributed by atoms with Crippen LogP contribution in [0.5, 0.6) is 0 Å². The highest BCUT2D eigenvalue weighted by Crippen LogP contribution is 2.28. The maximum Gasteiger partial charge on any atom is 0.275 e. The predicted octanol–water partition coefficient (Wildman–Crippen LogP) is 3.27. The molecule has 0 bridgehead atoms. The van der Waals surface area contributed by atoms with Crippen molar-refractivity contribution in [3.05, 3.63) is 74.8 Å². The van der Waals surface area contributed by atoms with Crippen LogP contribution in [-0.4, -0.2) is 34.6 Å². The Morgan fingerprint density at radius 1 is 0.895 bits per heavy atom. The van der Waals surface area contributed by atoms with E-state index < -0.39 is 57.0 Å². The molecule has 0 radical (unpaired) electrons. The number of fused-ring (bicyclic) bond motifs is 1. The lowest BCUT2D eigenvalue weighted by Gasteiger charge is -2.20. The third kappa shape index (κ3) is 5.03. The molecule has 0 spiro atoms. The van der Waals surface area contributed by atoms with Gasteiger partial charge in [-0.2, -0.15) is 0 Å². The number of rotatable bonds is 4. The third-order valence-electron chi connectivity index (χ3n) is 6.04. The Bertz CT molecular complexity index is 1540. The van der Waals surface area contributed by atoms with E-state index in [-0.39, 0.29) is 17.0 Å². The molecule has 3 N–H and O–H groups in total. The summed E-state index contributed by atoms with van der Waals surface area (Å²) in [7, 11) is 0. The highest BCUT2D eigenvalue weighted by atomic mass is 32.1. The van der Waals surface area contributed by atoms with Crippen LogP contribution in [-0.2, 0) is 6.54 Å². The number of amides is 2. The molecule has 4 rings (SSSR count). The van der Waals surface area contributed by atoms with E-state index in [9.17, 15) is 36.3 Å². The summed E-state index contributed by atoms with van der Waals surface area (Å²) in [5, 5.41) is 1.20. The van der Waals surface area contributed by atoms with Gasteiger partial charge >= 0.3 is 0 Å². The smallest absolute Gasteiger partial charge is 0.275 e. The maximum absolute atomic E-state index is 14.9. The van der Waals surface area contributed by atoms with E-state index in [0.29, 0.717) is 30.8 Å². The number of aromatic nitrogens is 1. The molecule has 14 heteroatoms. The number of carbonyl (C=O) groups excluding carboxylic acids is 2. The number of hydrogen-bond donors (Lipinski definition) is 3. The molecule has 1 aliphatic heterocycles. The lowest BCUT2D eigenvalue weighted by atomic mass is 10.1. The Morgan fingerprint density at radius 2 is 1.58 bits per heavy atom. The Balaban J connectivity index is 1.52. The molecule has 0 unspecified atom stereocenters. The van der Waals surface area contributed by atoms with Gasteiger partial charge < -0.3 is 9.47 Å². The molecule has 38 heavy (non-hydrogen) atoms. The summed E-state index contributed by atoms with van der Waals surface area (Å²) in [5.41, 5.74) is 2.67. The van der Waals surface area contributed by atoms with Gasteiger partial charge in [-0.25, -0.2) is 22.0 Å². The number of carbonyl (C=O) groups is 2. The van der Waals surface area contributed by atoms with Gasteiger partial charge in [-0.3, -0.25) is 30.6 Å². The van der Waals surface area contributed by atoms with E-state index in [1.807, 2.05) is 10.2 Å². The average Bonchev–Trinajstić information content (AvgIpc) is 3.43. The first-order chi connectivity index (χ1) is 18.0. The number of hydrazine groups is 1.